The van der Waals surface area contributed by atoms with Crippen LogP contribution in [-0.2, 0) is 22.5 Å². The van der Waals surface area contributed by atoms with Gasteiger partial charge >= 0.3 is 5.97 Å². The molecule has 162 valence electrons. The first kappa shape index (κ1) is 23.5. The van der Waals surface area contributed by atoms with E-state index in [4.69, 9.17) is 21.7 Å². The number of hydrogen-bond acceptors (Lipinski definition) is 5. The lowest BCUT2D eigenvalue weighted by atomic mass is 9.97. The Hall–Kier alpha value is -2.80. The Kier molecular flexibility index (Phi) is 8.47. The minimum Gasteiger partial charge on any atom is -0.504 e. The average Bonchev–Trinajstić information content (AvgIpc) is 2.71. The lowest BCUT2D eigenvalue weighted by Crippen LogP contribution is -2.45. The zero-order valence-electron chi connectivity index (χ0n) is 17.9. The SMILES string of the molecule is COc1cc(CNC(=S)N[C@H](COC(=O)C(C)(C)C)Cc2ccccc2)ccc1O. The fraction of sp³-hybridized carbons (Fsp3) is 0.391. The van der Waals surface area contributed by atoms with Gasteiger partial charge in [-0.05, 0) is 62.7 Å². The quantitative estimate of drug-likeness (QED) is 0.436. The van der Waals surface area contributed by atoms with Crippen LogP contribution in [0.15, 0.2) is 48.5 Å². The Morgan fingerprint density at radius 3 is 2.47 bits per heavy atom. The zero-order chi connectivity index (χ0) is 22.1. The Bertz CT molecular complexity index is 850. The molecule has 0 radical (unpaired) electrons. The van der Waals surface area contributed by atoms with E-state index in [1.54, 1.807) is 18.2 Å². The van der Waals surface area contributed by atoms with Gasteiger partial charge in [-0.15, -0.1) is 0 Å². The molecule has 2 aromatic carbocycles. The summed E-state index contributed by atoms with van der Waals surface area (Å²) in [6, 6.07) is 14.9. The maximum atomic E-state index is 12.2. The topological polar surface area (TPSA) is 79.8 Å². The van der Waals surface area contributed by atoms with Gasteiger partial charge in [0, 0.05) is 6.54 Å². The highest BCUT2D eigenvalue weighted by Crippen LogP contribution is 2.26. The van der Waals surface area contributed by atoms with E-state index in [2.05, 4.69) is 10.6 Å². The molecule has 2 rings (SSSR count). The third-order valence-corrected chi connectivity index (χ3v) is 4.65. The summed E-state index contributed by atoms with van der Waals surface area (Å²) in [4.78, 5) is 12.2. The average molecular weight is 431 g/mol. The lowest BCUT2D eigenvalue weighted by molar-refractivity contribution is -0.153. The van der Waals surface area contributed by atoms with Gasteiger partial charge in [0.25, 0.3) is 0 Å². The van der Waals surface area contributed by atoms with Crippen LogP contribution >= 0.6 is 12.2 Å². The van der Waals surface area contributed by atoms with Gasteiger partial charge in [-0.2, -0.15) is 0 Å². The van der Waals surface area contributed by atoms with Gasteiger partial charge in [0.15, 0.2) is 16.6 Å². The summed E-state index contributed by atoms with van der Waals surface area (Å²) < 4.78 is 10.6. The summed E-state index contributed by atoms with van der Waals surface area (Å²) in [6.07, 6.45) is 0.660. The Morgan fingerprint density at radius 2 is 1.83 bits per heavy atom. The van der Waals surface area contributed by atoms with Crippen molar-refractivity contribution < 1.29 is 19.4 Å². The van der Waals surface area contributed by atoms with Crippen molar-refractivity contribution in [2.24, 2.45) is 5.41 Å². The number of esters is 1. The monoisotopic (exact) mass is 430 g/mol. The molecule has 3 N–H and O–H groups in total. The maximum Gasteiger partial charge on any atom is 0.311 e. The molecule has 7 heteroatoms. The second kappa shape index (κ2) is 10.8. The standard InChI is InChI=1S/C23H30N2O4S/c1-23(2,3)21(27)29-15-18(12-16-8-6-5-7-9-16)25-22(30)24-14-17-10-11-19(26)20(13-17)28-4/h5-11,13,18,26H,12,14-15H2,1-4H3,(H2,24,25,30)/t18-/m0/s1. The summed E-state index contributed by atoms with van der Waals surface area (Å²) in [5, 5.41) is 16.6. The van der Waals surface area contributed by atoms with Crippen molar-refractivity contribution >= 4 is 23.3 Å². The molecule has 0 aromatic heterocycles. The molecule has 0 saturated heterocycles. The van der Waals surface area contributed by atoms with E-state index in [9.17, 15) is 9.90 Å². The normalized spacial score (nSPS) is 12.0. The Morgan fingerprint density at radius 1 is 1.13 bits per heavy atom. The van der Waals surface area contributed by atoms with Crippen LogP contribution in [0.3, 0.4) is 0 Å². The summed E-state index contributed by atoms with van der Waals surface area (Å²) >= 11 is 5.44. The number of hydrogen-bond donors (Lipinski definition) is 3. The maximum absolute atomic E-state index is 12.2. The molecule has 0 aliphatic heterocycles. The van der Waals surface area contributed by atoms with E-state index in [0.29, 0.717) is 23.8 Å². The molecule has 0 bridgehead atoms. The number of thiocarbonyl (C=S) groups is 1. The predicted octanol–water partition coefficient (Wildman–Crippen LogP) is 3.57. The third kappa shape index (κ3) is 7.55. The number of aromatic hydroxyl groups is 1. The molecule has 0 amide bonds. The number of nitrogens with one attached hydrogen (secondary N) is 2. The van der Waals surface area contributed by atoms with Crippen molar-refractivity contribution in [1.82, 2.24) is 10.6 Å². The lowest BCUT2D eigenvalue weighted by Gasteiger charge is -2.23. The van der Waals surface area contributed by atoms with Crippen LogP contribution in [0.1, 0.15) is 31.9 Å². The second-order valence-electron chi connectivity index (χ2n) is 8.07. The van der Waals surface area contributed by atoms with Crippen molar-refractivity contribution in [3.8, 4) is 11.5 Å². The molecule has 0 aliphatic rings. The Balaban J connectivity index is 1.97. The molecule has 0 fully saturated rings. The van der Waals surface area contributed by atoms with Crippen molar-refractivity contribution in [2.75, 3.05) is 13.7 Å². The molecule has 30 heavy (non-hydrogen) atoms. The number of ether oxygens (including phenoxy) is 2. The fourth-order valence-corrected chi connectivity index (χ4v) is 2.93. The van der Waals surface area contributed by atoms with E-state index in [-0.39, 0.29) is 24.4 Å². The van der Waals surface area contributed by atoms with Gasteiger partial charge in [-0.3, -0.25) is 4.79 Å². The second-order valence-corrected chi connectivity index (χ2v) is 8.48. The van der Waals surface area contributed by atoms with E-state index in [0.717, 1.165) is 11.1 Å². The van der Waals surface area contributed by atoms with Gasteiger partial charge in [0.05, 0.1) is 18.6 Å². The molecular formula is C23H30N2O4S. The van der Waals surface area contributed by atoms with Crippen LogP contribution in [0.4, 0.5) is 0 Å². The first-order chi connectivity index (χ1) is 14.2. The molecule has 0 unspecified atom stereocenters. The minimum absolute atomic E-state index is 0.0885. The molecule has 2 aromatic rings. The van der Waals surface area contributed by atoms with E-state index < -0.39 is 5.41 Å². The first-order valence-corrected chi connectivity index (χ1v) is 10.2. The van der Waals surface area contributed by atoms with Gasteiger partial charge in [-0.25, -0.2) is 0 Å². The molecular weight excluding hydrogens is 400 g/mol. The number of methoxy groups -OCH3 is 1. The highest BCUT2D eigenvalue weighted by atomic mass is 32.1. The van der Waals surface area contributed by atoms with Crippen molar-refractivity contribution in [3.05, 3.63) is 59.7 Å². The molecule has 0 saturated carbocycles. The molecule has 0 heterocycles. The van der Waals surface area contributed by atoms with Gasteiger partial charge in [0.2, 0.25) is 0 Å². The van der Waals surface area contributed by atoms with Crippen LogP contribution in [-0.4, -0.2) is 35.9 Å². The molecule has 0 aliphatic carbocycles. The first-order valence-electron chi connectivity index (χ1n) is 9.80. The molecule has 0 spiro atoms. The largest absolute Gasteiger partial charge is 0.504 e. The molecule has 1 atom stereocenters. The zero-order valence-corrected chi connectivity index (χ0v) is 18.7. The minimum atomic E-state index is -0.562. The summed E-state index contributed by atoms with van der Waals surface area (Å²) in [7, 11) is 1.51. The highest BCUT2D eigenvalue weighted by Gasteiger charge is 2.24. The highest BCUT2D eigenvalue weighted by molar-refractivity contribution is 7.80. The van der Waals surface area contributed by atoms with Crippen LogP contribution < -0.4 is 15.4 Å². The third-order valence-electron chi connectivity index (χ3n) is 4.39. The van der Waals surface area contributed by atoms with Gasteiger partial charge < -0.3 is 25.2 Å². The summed E-state index contributed by atoms with van der Waals surface area (Å²) in [5.74, 6) is 0.243. The van der Waals surface area contributed by atoms with Crippen molar-refractivity contribution in [3.63, 3.8) is 0 Å². The summed E-state index contributed by atoms with van der Waals surface area (Å²) in [5.41, 5.74) is 1.47. The number of carbonyl (C=O) groups is 1. The van der Waals surface area contributed by atoms with E-state index in [1.807, 2.05) is 51.1 Å². The Labute approximate surface area is 183 Å². The van der Waals surface area contributed by atoms with Crippen LogP contribution in [0.2, 0.25) is 0 Å². The van der Waals surface area contributed by atoms with Gasteiger partial charge in [-0.1, -0.05) is 36.4 Å². The van der Waals surface area contributed by atoms with E-state index in [1.165, 1.54) is 7.11 Å². The van der Waals surface area contributed by atoms with Crippen molar-refractivity contribution in [2.45, 2.75) is 39.8 Å². The fourth-order valence-electron chi connectivity index (χ4n) is 2.69. The number of carbonyl (C=O) groups excluding carboxylic acids is 1. The predicted molar refractivity (Wildman–Crippen MR) is 122 cm³/mol. The smallest absolute Gasteiger partial charge is 0.311 e. The summed E-state index contributed by atoms with van der Waals surface area (Å²) in [6.45, 7) is 6.15. The molecule has 6 nitrogen and oxygen atoms in total. The van der Waals surface area contributed by atoms with Crippen LogP contribution in [0.5, 0.6) is 11.5 Å². The number of phenols is 1. The van der Waals surface area contributed by atoms with Crippen LogP contribution in [0, 0.1) is 5.41 Å². The van der Waals surface area contributed by atoms with Crippen LogP contribution in [0.25, 0.3) is 0 Å². The van der Waals surface area contributed by atoms with Crippen molar-refractivity contribution in [1.29, 1.82) is 0 Å². The number of rotatable bonds is 8. The number of benzene rings is 2. The number of phenolic OH excluding ortho intramolecular Hbond substituents is 1. The van der Waals surface area contributed by atoms with E-state index >= 15 is 0 Å². The van der Waals surface area contributed by atoms with Gasteiger partial charge in [0.1, 0.15) is 6.61 Å².